The summed E-state index contributed by atoms with van der Waals surface area (Å²) in [6.07, 6.45) is 0. The van der Waals surface area contributed by atoms with Crippen LogP contribution in [0.25, 0.3) is 0 Å². The highest BCUT2D eigenvalue weighted by Crippen LogP contribution is 2.42. The van der Waals surface area contributed by atoms with Gasteiger partial charge in [0, 0.05) is 36.7 Å². The van der Waals surface area contributed by atoms with Gasteiger partial charge < -0.3 is 15.0 Å². The second-order valence-electron chi connectivity index (χ2n) is 7.64. The maximum Gasteiger partial charge on any atom is 0.255 e. The van der Waals surface area contributed by atoms with Crippen molar-refractivity contribution in [3.63, 3.8) is 0 Å². The van der Waals surface area contributed by atoms with Gasteiger partial charge in [-0.25, -0.2) is 0 Å². The summed E-state index contributed by atoms with van der Waals surface area (Å²) in [7, 11) is 5.57. The van der Waals surface area contributed by atoms with Crippen LogP contribution in [0, 0.1) is 0 Å². The van der Waals surface area contributed by atoms with Crippen LogP contribution < -0.4 is 19.9 Å². The Morgan fingerprint density at radius 3 is 2.25 bits per heavy atom. The Hall–Kier alpha value is -3.45. The molecule has 1 aliphatic heterocycles. The Kier molecular flexibility index (Phi) is 6.37. The van der Waals surface area contributed by atoms with Crippen molar-refractivity contribution in [3.8, 4) is 5.75 Å². The van der Waals surface area contributed by atoms with Gasteiger partial charge in [-0.3, -0.25) is 14.5 Å². The Labute approximate surface area is 192 Å². The second kappa shape index (κ2) is 9.36. The van der Waals surface area contributed by atoms with Crippen LogP contribution in [0.1, 0.15) is 21.3 Å². The molecule has 1 fully saturated rings. The summed E-state index contributed by atoms with van der Waals surface area (Å²) in [5.74, 6) is 1.05. The monoisotopic (exact) mass is 447 g/mol. The van der Waals surface area contributed by atoms with Crippen LogP contribution in [0.4, 0.5) is 17.1 Å². The number of rotatable bonds is 6. The van der Waals surface area contributed by atoms with Crippen molar-refractivity contribution >= 4 is 40.6 Å². The Balaban J connectivity index is 1.48. The Morgan fingerprint density at radius 1 is 1.00 bits per heavy atom. The van der Waals surface area contributed by atoms with E-state index in [1.165, 1.54) is 0 Å². The summed E-state index contributed by atoms with van der Waals surface area (Å²) in [6.45, 7) is 0. The van der Waals surface area contributed by atoms with Gasteiger partial charge in [-0.1, -0.05) is 12.1 Å². The largest absolute Gasteiger partial charge is 0.497 e. The van der Waals surface area contributed by atoms with E-state index in [1.807, 2.05) is 72.4 Å². The maximum absolute atomic E-state index is 12.6. The molecule has 1 atom stereocenters. The normalized spacial score (nSPS) is 15.5. The van der Waals surface area contributed by atoms with Gasteiger partial charge in [-0.05, 0) is 66.2 Å². The van der Waals surface area contributed by atoms with Crippen molar-refractivity contribution in [2.45, 2.75) is 5.37 Å². The van der Waals surface area contributed by atoms with Crippen molar-refractivity contribution in [2.75, 3.05) is 42.1 Å². The van der Waals surface area contributed by atoms with Gasteiger partial charge >= 0.3 is 0 Å². The van der Waals surface area contributed by atoms with Gasteiger partial charge in [0.05, 0.1) is 12.9 Å². The zero-order chi connectivity index (χ0) is 22.7. The number of anilines is 3. The van der Waals surface area contributed by atoms with Crippen molar-refractivity contribution in [3.05, 3.63) is 83.9 Å². The molecular formula is C25H25N3O3S. The lowest BCUT2D eigenvalue weighted by molar-refractivity contribution is -0.115. The average molecular weight is 448 g/mol. The standard InChI is InChI=1S/C25H25N3O3S/c1-27(2)20-10-12-21(13-11-20)28-23(29)16-32-25(28)18-4-8-19(9-5-18)26-24(30)17-6-14-22(31-3)15-7-17/h4-15,25H,16H2,1-3H3,(H,26,30)/t25-/m0/s1. The molecule has 4 rings (SSSR count). The topological polar surface area (TPSA) is 61.9 Å². The first-order chi connectivity index (χ1) is 15.5. The van der Waals surface area contributed by atoms with Gasteiger partial charge in [0.1, 0.15) is 11.1 Å². The van der Waals surface area contributed by atoms with Gasteiger partial charge in [-0.15, -0.1) is 11.8 Å². The molecular weight excluding hydrogens is 422 g/mol. The predicted molar refractivity (Wildman–Crippen MR) is 131 cm³/mol. The number of nitrogens with one attached hydrogen (secondary N) is 1. The number of ether oxygens (including phenoxy) is 1. The third kappa shape index (κ3) is 4.57. The number of hydrogen-bond donors (Lipinski definition) is 1. The summed E-state index contributed by atoms with van der Waals surface area (Å²) in [5, 5.41) is 2.81. The van der Waals surface area contributed by atoms with E-state index < -0.39 is 0 Å². The van der Waals surface area contributed by atoms with Gasteiger partial charge in [0.15, 0.2) is 0 Å². The zero-order valence-corrected chi connectivity index (χ0v) is 19.1. The first-order valence-electron chi connectivity index (χ1n) is 10.2. The molecule has 7 heteroatoms. The third-order valence-electron chi connectivity index (χ3n) is 5.32. The van der Waals surface area contributed by atoms with Crippen molar-refractivity contribution < 1.29 is 14.3 Å². The lowest BCUT2D eigenvalue weighted by atomic mass is 10.1. The highest BCUT2D eigenvalue weighted by atomic mass is 32.2. The van der Waals surface area contributed by atoms with E-state index >= 15 is 0 Å². The lowest BCUT2D eigenvalue weighted by Crippen LogP contribution is -2.27. The zero-order valence-electron chi connectivity index (χ0n) is 18.2. The lowest BCUT2D eigenvalue weighted by Gasteiger charge is -2.25. The predicted octanol–water partition coefficient (Wildman–Crippen LogP) is 4.79. The quantitative estimate of drug-likeness (QED) is 0.589. The molecule has 32 heavy (non-hydrogen) atoms. The Morgan fingerprint density at radius 2 is 1.66 bits per heavy atom. The highest BCUT2D eigenvalue weighted by molar-refractivity contribution is 8.00. The molecule has 1 saturated heterocycles. The third-order valence-corrected chi connectivity index (χ3v) is 6.53. The molecule has 0 radical (unpaired) electrons. The van der Waals surface area contributed by atoms with E-state index in [1.54, 1.807) is 43.1 Å². The molecule has 1 N–H and O–H groups in total. The molecule has 6 nitrogen and oxygen atoms in total. The van der Waals surface area contributed by atoms with E-state index in [9.17, 15) is 9.59 Å². The first-order valence-corrected chi connectivity index (χ1v) is 11.3. The number of nitrogens with zero attached hydrogens (tertiary/aromatic N) is 2. The van der Waals surface area contributed by atoms with Gasteiger partial charge in [-0.2, -0.15) is 0 Å². The molecule has 1 heterocycles. The fourth-order valence-electron chi connectivity index (χ4n) is 3.54. The molecule has 164 valence electrons. The number of amides is 2. The van der Waals surface area contributed by atoms with Gasteiger partial charge in [0.25, 0.3) is 5.91 Å². The van der Waals surface area contributed by atoms with Crippen LogP contribution in [-0.4, -0.2) is 38.8 Å². The van der Waals surface area contributed by atoms with E-state index in [2.05, 4.69) is 5.32 Å². The second-order valence-corrected chi connectivity index (χ2v) is 8.71. The summed E-state index contributed by atoms with van der Waals surface area (Å²) in [6, 6.07) is 22.6. The van der Waals surface area contributed by atoms with E-state index in [0.717, 1.165) is 16.9 Å². The minimum atomic E-state index is -0.187. The van der Waals surface area contributed by atoms with Gasteiger partial charge in [0.2, 0.25) is 5.91 Å². The van der Waals surface area contributed by atoms with Crippen LogP contribution in [0.2, 0.25) is 0 Å². The van der Waals surface area contributed by atoms with Crippen molar-refractivity contribution in [1.82, 2.24) is 0 Å². The molecule has 1 aliphatic rings. The minimum absolute atomic E-state index is 0.0921. The molecule has 0 saturated carbocycles. The van der Waals surface area contributed by atoms with Crippen molar-refractivity contribution in [1.29, 1.82) is 0 Å². The fraction of sp³-hybridized carbons (Fsp3) is 0.200. The molecule has 0 aliphatic carbocycles. The van der Waals surface area contributed by atoms with E-state index in [-0.39, 0.29) is 17.2 Å². The summed E-state index contributed by atoms with van der Waals surface area (Å²) in [5.41, 5.74) is 4.24. The number of carbonyl (C=O) groups excluding carboxylic acids is 2. The number of thioether (sulfide) groups is 1. The maximum atomic E-state index is 12.6. The Bertz CT molecular complexity index is 1100. The smallest absolute Gasteiger partial charge is 0.255 e. The molecule has 0 aromatic heterocycles. The molecule has 2 amide bonds. The van der Waals surface area contributed by atoms with E-state index in [0.29, 0.717) is 22.8 Å². The first kappa shape index (κ1) is 21.8. The number of benzene rings is 3. The summed E-state index contributed by atoms with van der Waals surface area (Å²) < 4.78 is 5.13. The molecule has 0 unspecified atom stereocenters. The van der Waals surface area contributed by atoms with Crippen LogP contribution in [0.5, 0.6) is 5.75 Å². The molecule has 3 aromatic rings. The van der Waals surface area contributed by atoms with Crippen LogP contribution in [0.3, 0.4) is 0 Å². The van der Waals surface area contributed by atoms with Crippen molar-refractivity contribution in [2.24, 2.45) is 0 Å². The van der Waals surface area contributed by atoms with Crippen LogP contribution in [0.15, 0.2) is 72.8 Å². The highest BCUT2D eigenvalue weighted by Gasteiger charge is 2.34. The number of carbonyl (C=O) groups is 2. The van der Waals surface area contributed by atoms with Crippen LogP contribution >= 0.6 is 11.8 Å². The fourth-order valence-corrected chi connectivity index (χ4v) is 4.72. The SMILES string of the molecule is COc1ccc(C(=O)Nc2ccc([C@@H]3SCC(=O)N3c3ccc(N(C)C)cc3)cc2)cc1. The molecule has 3 aromatic carbocycles. The van der Waals surface area contributed by atoms with Crippen LogP contribution in [-0.2, 0) is 4.79 Å². The molecule has 0 spiro atoms. The average Bonchev–Trinajstić information content (AvgIpc) is 3.21. The minimum Gasteiger partial charge on any atom is -0.497 e. The number of hydrogen-bond acceptors (Lipinski definition) is 5. The van der Waals surface area contributed by atoms with E-state index in [4.69, 9.17) is 4.74 Å². The molecule has 0 bridgehead atoms. The summed E-state index contributed by atoms with van der Waals surface area (Å²) in [4.78, 5) is 29.0. The summed E-state index contributed by atoms with van der Waals surface area (Å²) >= 11 is 1.60. The number of methoxy groups -OCH3 is 1.